The molecule has 48 valence electrons. The van der Waals surface area contributed by atoms with Gasteiger partial charge in [0, 0.05) is 5.70 Å². The molecule has 0 unspecified atom stereocenters. The first kappa shape index (κ1) is 7.45. The van der Waals surface area contributed by atoms with E-state index in [9.17, 15) is 8.42 Å². The lowest BCUT2D eigenvalue weighted by Crippen LogP contribution is -2.28. The van der Waals surface area contributed by atoms with Crippen molar-refractivity contribution in [1.29, 1.82) is 0 Å². The third-order valence-electron chi connectivity index (χ3n) is 0.316. The first-order chi connectivity index (χ1) is 3.42. The van der Waals surface area contributed by atoms with Crippen LogP contribution in [-0.2, 0) is 10.2 Å². The number of allylic oxidation sites excluding steroid dienone is 1. The molecule has 3 N–H and O–H groups in total. The van der Waals surface area contributed by atoms with Gasteiger partial charge in [-0.3, -0.25) is 4.72 Å². The standard InChI is InChI=1S/C3H8N2O2S/c1-3(2)5-8(4,6)7/h5H,1H2,2H3,(H2,4,6,7). The summed E-state index contributed by atoms with van der Waals surface area (Å²) in [6.45, 7) is 4.77. The summed E-state index contributed by atoms with van der Waals surface area (Å²) in [5, 5.41) is 4.54. The van der Waals surface area contributed by atoms with Gasteiger partial charge >= 0.3 is 0 Å². The van der Waals surface area contributed by atoms with Crippen molar-refractivity contribution in [2.24, 2.45) is 5.14 Å². The van der Waals surface area contributed by atoms with Crippen molar-refractivity contribution >= 4 is 10.2 Å². The van der Waals surface area contributed by atoms with Crippen molar-refractivity contribution in [3.05, 3.63) is 12.3 Å². The molecule has 0 atom stereocenters. The van der Waals surface area contributed by atoms with Gasteiger partial charge in [-0.25, -0.2) is 5.14 Å². The molecule has 0 bridgehead atoms. The van der Waals surface area contributed by atoms with Crippen molar-refractivity contribution in [3.63, 3.8) is 0 Å². The molecule has 0 saturated heterocycles. The maximum absolute atomic E-state index is 10.0. The van der Waals surface area contributed by atoms with Crippen LogP contribution in [0.3, 0.4) is 0 Å². The molecule has 0 aliphatic carbocycles. The third-order valence-corrected chi connectivity index (χ3v) is 0.949. The first-order valence-electron chi connectivity index (χ1n) is 1.88. The smallest absolute Gasteiger partial charge is 0.276 e. The number of nitrogens with two attached hydrogens (primary N) is 1. The van der Waals surface area contributed by atoms with E-state index in [0.29, 0.717) is 5.70 Å². The maximum Gasteiger partial charge on any atom is 0.296 e. The second-order valence-corrected chi connectivity index (χ2v) is 2.72. The molecule has 0 fully saturated rings. The predicted octanol–water partition coefficient (Wildman–Crippen LogP) is -0.687. The second-order valence-electron chi connectivity index (χ2n) is 1.43. The van der Waals surface area contributed by atoms with Crippen LogP contribution in [0.1, 0.15) is 6.92 Å². The van der Waals surface area contributed by atoms with Gasteiger partial charge in [-0.05, 0) is 6.92 Å². The van der Waals surface area contributed by atoms with Crippen LogP contribution in [-0.4, -0.2) is 8.42 Å². The van der Waals surface area contributed by atoms with Gasteiger partial charge in [-0.2, -0.15) is 8.42 Å². The van der Waals surface area contributed by atoms with E-state index in [-0.39, 0.29) is 0 Å². The second kappa shape index (κ2) is 2.15. The van der Waals surface area contributed by atoms with Gasteiger partial charge in [-0.15, -0.1) is 0 Å². The Bertz CT molecular complexity index is 181. The van der Waals surface area contributed by atoms with Gasteiger partial charge in [0.1, 0.15) is 0 Å². The average molecular weight is 136 g/mol. The van der Waals surface area contributed by atoms with Gasteiger partial charge in [0.25, 0.3) is 10.2 Å². The van der Waals surface area contributed by atoms with Gasteiger partial charge < -0.3 is 0 Å². The summed E-state index contributed by atoms with van der Waals surface area (Å²) in [6.07, 6.45) is 0. The van der Waals surface area contributed by atoms with Crippen LogP contribution in [0, 0.1) is 0 Å². The Morgan fingerprint density at radius 2 is 2.12 bits per heavy atom. The molecule has 0 rings (SSSR count). The van der Waals surface area contributed by atoms with E-state index in [1.54, 1.807) is 0 Å². The van der Waals surface area contributed by atoms with Gasteiger partial charge in [-0.1, -0.05) is 6.58 Å². The Morgan fingerprint density at radius 1 is 1.75 bits per heavy atom. The van der Waals surface area contributed by atoms with E-state index >= 15 is 0 Å². The fourth-order valence-corrected chi connectivity index (χ4v) is 0.729. The zero-order valence-electron chi connectivity index (χ0n) is 4.51. The van der Waals surface area contributed by atoms with Crippen LogP contribution < -0.4 is 9.86 Å². The summed E-state index contributed by atoms with van der Waals surface area (Å²) in [5.41, 5.74) is 0.313. The molecule has 0 aliphatic heterocycles. The summed E-state index contributed by atoms with van der Waals surface area (Å²) in [4.78, 5) is 0. The summed E-state index contributed by atoms with van der Waals surface area (Å²) >= 11 is 0. The fourth-order valence-electron chi connectivity index (χ4n) is 0.243. The van der Waals surface area contributed by atoms with E-state index < -0.39 is 10.2 Å². The Hall–Kier alpha value is -0.550. The first-order valence-corrected chi connectivity index (χ1v) is 3.42. The number of nitrogens with one attached hydrogen (secondary N) is 1. The lowest BCUT2D eigenvalue weighted by Gasteiger charge is -1.97. The minimum absolute atomic E-state index is 0.313. The van der Waals surface area contributed by atoms with Gasteiger partial charge in [0.15, 0.2) is 0 Å². The fraction of sp³-hybridized carbons (Fsp3) is 0.333. The Balaban J connectivity index is 3.95. The van der Waals surface area contributed by atoms with E-state index in [0.717, 1.165) is 0 Å². The lowest BCUT2D eigenvalue weighted by atomic mass is 10.6. The number of hydrogen-bond donors (Lipinski definition) is 2. The highest BCUT2D eigenvalue weighted by Crippen LogP contribution is 1.78. The molecule has 0 spiro atoms. The van der Waals surface area contributed by atoms with Crippen LogP contribution in [0.15, 0.2) is 12.3 Å². The molecule has 0 saturated carbocycles. The van der Waals surface area contributed by atoms with Crippen LogP contribution >= 0.6 is 0 Å². The third kappa shape index (κ3) is 5.45. The summed E-state index contributed by atoms with van der Waals surface area (Å²) in [5.74, 6) is 0. The van der Waals surface area contributed by atoms with Crippen molar-refractivity contribution < 1.29 is 8.42 Å². The summed E-state index contributed by atoms with van der Waals surface area (Å²) < 4.78 is 22.0. The molecule has 0 amide bonds. The van der Waals surface area contributed by atoms with E-state index in [2.05, 4.69) is 11.7 Å². The molecule has 0 aromatic rings. The van der Waals surface area contributed by atoms with Crippen LogP contribution in [0.25, 0.3) is 0 Å². The van der Waals surface area contributed by atoms with Crippen molar-refractivity contribution in [2.75, 3.05) is 0 Å². The minimum Gasteiger partial charge on any atom is -0.276 e. The quantitative estimate of drug-likeness (QED) is 0.527. The lowest BCUT2D eigenvalue weighted by molar-refractivity contribution is 0.590. The van der Waals surface area contributed by atoms with Crippen molar-refractivity contribution in [2.45, 2.75) is 6.92 Å². The van der Waals surface area contributed by atoms with E-state index in [1.165, 1.54) is 6.92 Å². The van der Waals surface area contributed by atoms with Crippen LogP contribution in [0.2, 0.25) is 0 Å². The molecule has 0 heterocycles. The molecular formula is C3H8N2O2S. The Kier molecular flexibility index (Phi) is 2.00. The van der Waals surface area contributed by atoms with Crippen LogP contribution in [0.4, 0.5) is 0 Å². The highest BCUT2D eigenvalue weighted by Gasteiger charge is 1.95. The highest BCUT2D eigenvalue weighted by atomic mass is 32.2. The molecule has 0 radical (unpaired) electrons. The molecule has 0 aromatic carbocycles. The largest absolute Gasteiger partial charge is 0.296 e. The van der Waals surface area contributed by atoms with Crippen molar-refractivity contribution in [3.8, 4) is 0 Å². The number of rotatable bonds is 2. The normalized spacial score (nSPS) is 10.8. The van der Waals surface area contributed by atoms with Gasteiger partial charge in [0.2, 0.25) is 0 Å². The topological polar surface area (TPSA) is 72.2 Å². The van der Waals surface area contributed by atoms with E-state index in [1.807, 2.05) is 4.72 Å². The summed E-state index contributed by atoms with van der Waals surface area (Å²) in [6, 6.07) is 0. The molecule has 4 nitrogen and oxygen atoms in total. The zero-order valence-corrected chi connectivity index (χ0v) is 5.33. The van der Waals surface area contributed by atoms with E-state index in [4.69, 9.17) is 0 Å². The van der Waals surface area contributed by atoms with Crippen molar-refractivity contribution in [1.82, 2.24) is 4.72 Å². The summed E-state index contributed by atoms with van der Waals surface area (Å²) in [7, 11) is -3.57. The van der Waals surface area contributed by atoms with Gasteiger partial charge in [0.05, 0.1) is 0 Å². The average Bonchev–Trinajstić information content (AvgIpc) is 1.21. The Labute approximate surface area is 48.6 Å². The number of hydrogen-bond acceptors (Lipinski definition) is 2. The zero-order chi connectivity index (χ0) is 6.78. The maximum atomic E-state index is 10.0. The SMILES string of the molecule is C=C(C)NS(N)(=O)=O. The molecule has 5 heteroatoms. The monoisotopic (exact) mass is 136 g/mol. The highest BCUT2D eigenvalue weighted by molar-refractivity contribution is 7.87. The minimum atomic E-state index is -3.57. The molecule has 0 aliphatic rings. The molecular weight excluding hydrogens is 128 g/mol. The van der Waals surface area contributed by atoms with Crippen LogP contribution in [0.5, 0.6) is 0 Å². The molecule has 0 aromatic heterocycles. The molecule has 8 heavy (non-hydrogen) atoms. The Morgan fingerprint density at radius 3 is 2.12 bits per heavy atom. The predicted molar refractivity (Wildman–Crippen MR) is 31.1 cm³/mol.